The van der Waals surface area contributed by atoms with Gasteiger partial charge in [-0.3, -0.25) is 9.59 Å². The van der Waals surface area contributed by atoms with Gasteiger partial charge in [0.05, 0.1) is 18.8 Å². The Labute approximate surface area is 101 Å². The maximum Gasteiger partial charge on any atom is 0.298 e. The van der Waals surface area contributed by atoms with Crippen LogP contribution in [-0.2, 0) is 9.59 Å². The summed E-state index contributed by atoms with van der Waals surface area (Å²) in [6, 6.07) is 0. The highest BCUT2D eigenvalue weighted by molar-refractivity contribution is 5.93. The largest absolute Gasteiger partial charge is 0.324 e. The van der Waals surface area contributed by atoms with Crippen LogP contribution < -0.4 is 0 Å². The molecule has 0 aliphatic carbocycles. The summed E-state index contributed by atoms with van der Waals surface area (Å²) in [5.41, 5.74) is 1.69. The van der Waals surface area contributed by atoms with Crippen LogP contribution in [0.1, 0.15) is 6.92 Å². The molecular weight excluding hydrogens is 218 g/mol. The maximum absolute atomic E-state index is 11.7. The predicted octanol–water partition coefficient (Wildman–Crippen LogP) is -0.533. The van der Waals surface area contributed by atoms with E-state index in [0.29, 0.717) is 19.6 Å². The van der Waals surface area contributed by atoms with Gasteiger partial charge in [-0.05, 0) is 12.8 Å². The summed E-state index contributed by atoms with van der Waals surface area (Å²) in [5, 5.41) is 4.07. The van der Waals surface area contributed by atoms with Gasteiger partial charge < -0.3 is 9.91 Å². The molecule has 2 heterocycles. The topological polar surface area (TPSA) is 43.9 Å². The summed E-state index contributed by atoms with van der Waals surface area (Å²) >= 11 is 0. The molecule has 17 heavy (non-hydrogen) atoms. The van der Waals surface area contributed by atoms with Crippen molar-refractivity contribution in [3.63, 3.8) is 0 Å². The van der Waals surface area contributed by atoms with Gasteiger partial charge in [0.15, 0.2) is 0 Å². The number of piperazine rings is 1. The van der Waals surface area contributed by atoms with Crippen LogP contribution in [0, 0.1) is 11.8 Å². The zero-order chi connectivity index (χ0) is 12.4. The Balaban J connectivity index is 2.18. The number of likely N-dealkylation sites (N-methyl/N-ethyl adjacent to an activating group) is 1. The molecule has 0 atom stereocenters. The minimum Gasteiger partial charge on any atom is -0.324 e. The van der Waals surface area contributed by atoms with E-state index < -0.39 is 0 Å². The first-order valence-electron chi connectivity index (χ1n) is 5.54. The number of amides is 1. The van der Waals surface area contributed by atoms with E-state index in [0.717, 1.165) is 24.1 Å². The average Bonchev–Trinajstić information content (AvgIpc) is 2.66. The Hall–Kier alpha value is -1.80. The molecule has 1 amide bonds. The number of fused-ring (bicyclic) bond motifs is 1. The van der Waals surface area contributed by atoms with E-state index in [1.807, 2.05) is 12.1 Å². The fourth-order valence-electron chi connectivity index (χ4n) is 2.22. The molecule has 5 heteroatoms. The van der Waals surface area contributed by atoms with E-state index in [2.05, 4.69) is 16.8 Å². The molecule has 5 nitrogen and oxygen atoms in total. The first kappa shape index (κ1) is 11.7. The fourth-order valence-corrected chi connectivity index (χ4v) is 2.22. The second kappa shape index (κ2) is 4.60. The number of carbonyl (C=O) groups excluding carboxylic acids is 2. The fraction of sp³-hybridized carbons (Fsp3) is 0.500. The van der Waals surface area contributed by atoms with Gasteiger partial charge >= 0.3 is 0 Å². The minimum absolute atomic E-state index is 0.167. The highest BCUT2D eigenvalue weighted by Crippen LogP contribution is 2.24. The van der Waals surface area contributed by atoms with Crippen molar-refractivity contribution in [2.24, 2.45) is 0 Å². The van der Waals surface area contributed by atoms with Crippen LogP contribution in [0.25, 0.3) is 0 Å². The molecule has 2 rings (SSSR count). The van der Waals surface area contributed by atoms with Crippen molar-refractivity contribution < 1.29 is 9.59 Å². The van der Waals surface area contributed by atoms with Gasteiger partial charge in [-0.15, -0.1) is 0 Å². The van der Waals surface area contributed by atoms with E-state index in [4.69, 9.17) is 0 Å². The zero-order valence-electron chi connectivity index (χ0n) is 10.1. The summed E-state index contributed by atoms with van der Waals surface area (Å²) in [6.45, 7) is 4.12. The number of hydrogen-bond acceptors (Lipinski definition) is 4. The molecule has 0 radical (unpaired) electrons. The monoisotopic (exact) mass is 233 g/mol. The number of carbonyl (C=O) groups is 2. The quantitative estimate of drug-likeness (QED) is 0.451. The number of hydrazine groups is 1. The zero-order valence-corrected chi connectivity index (χ0v) is 10.1. The molecular formula is C12H15N3O2. The van der Waals surface area contributed by atoms with Gasteiger partial charge in [-0.25, -0.2) is 5.01 Å². The summed E-state index contributed by atoms with van der Waals surface area (Å²) in [7, 11) is 1.94. The van der Waals surface area contributed by atoms with E-state index in [1.165, 1.54) is 0 Å². The first-order chi connectivity index (χ1) is 8.17. The maximum atomic E-state index is 11.7. The van der Waals surface area contributed by atoms with E-state index in [9.17, 15) is 9.59 Å². The molecule has 0 bridgehead atoms. The molecule has 0 unspecified atom stereocenters. The third-order valence-electron chi connectivity index (χ3n) is 3.08. The van der Waals surface area contributed by atoms with Gasteiger partial charge in [0.2, 0.25) is 0 Å². The average molecular weight is 233 g/mol. The van der Waals surface area contributed by atoms with Crippen molar-refractivity contribution in [3.05, 3.63) is 11.3 Å². The van der Waals surface area contributed by atoms with Gasteiger partial charge in [-0.2, -0.15) is 0 Å². The SMILES string of the molecule is CC#CC(=O)N1CCN2C(=C(C=O)CN2C)C1. The molecule has 1 fully saturated rings. The van der Waals surface area contributed by atoms with Crippen molar-refractivity contribution in [1.82, 2.24) is 14.9 Å². The number of hydrogen-bond donors (Lipinski definition) is 0. The van der Waals surface area contributed by atoms with Crippen molar-refractivity contribution >= 4 is 12.2 Å². The van der Waals surface area contributed by atoms with Crippen LogP contribution in [0.3, 0.4) is 0 Å². The van der Waals surface area contributed by atoms with Crippen LogP contribution in [0.2, 0.25) is 0 Å². The molecule has 2 aliphatic heterocycles. The lowest BCUT2D eigenvalue weighted by molar-refractivity contribution is -0.127. The normalized spacial score (nSPS) is 19.9. The molecule has 2 aliphatic rings. The van der Waals surface area contributed by atoms with E-state index >= 15 is 0 Å². The summed E-state index contributed by atoms with van der Waals surface area (Å²) in [4.78, 5) is 24.3. The standard InChI is InChI=1S/C12H15N3O2/c1-3-4-12(17)14-5-6-15-11(8-14)10(9-16)7-13(15)2/h9H,5-8H2,1-2H3. The van der Waals surface area contributed by atoms with E-state index in [1.54, 1.807) is 11.8 Å². The van der Waals surface area contributed by atoms with Gasteiger partial charge in [0, 0.05) is 25.7 Å². The van der Waals surface area contributed by atoms with Gasteiger partial charge in [0.25, 0.3) is 5.91 Å². The molecule has 0 aromatic carbocycles. The van der Waals surface area contributed by atoms with Crippen LogP contribution >= 0.6 is 0 Å². The smallest absolute Gasteiger partial charge is 0.298 e. The Kier molecular flexibility index (Phi) is 3.16. The lowest BCUT2D eigenvalue weighted by Gasteiger charge is -2.37. The lowest BCUT2D eigenvalue weighted by atomic mass is 10.2. The second-order valence-electron chi connectivity index (χ2n) is 4.13. The molecule has 1 saturated heterocycles. The van der Waals surface area contributed by atoms with Crippen molar-refractivity contribution in [2.75, 3.05) is 33.2 Å². The Morgan fingerprint density at radius 1 is 1.35 bits per heavy atom. The Morgan fingerprint density at radius 3 is 2.76 bits per heavy atom. The predicted molar refractivity (Wildman–Crippen MR) is 62.5 cm³/mol. The molecule has 0 N–H and O–H groups in total. The van der Waals surface area contributed by atoms with E-state index in [-0.39, 0.29) is 5.91 Å². The Morgan fingerprint density at radius 2 is 2.12 bits per heavy atom. The van der Waals surface area contributed by atoms with Crippen LogP contribution in [-0.4, -0.2) is 60.3 Å². The first-order valence-corrected chi connectivity index (χ1v) is 5.54. The van der Waals surface area contributed by atoms with Gasteiger partial charge in [-0.1, -0.05) is 5.92 Å². The number of nitrogens with zero attached hydrogens (tertiary/aromatic N) is 3. The third kappa shape index (κ3) is 2.04. The molecule has 0 saturated carbocycles. The Bertz CT molecular complexity index is 444. The summed E-state index contributed by atoms with van der Waals surface area (Å²) in [5.74, 6) is 4.97. The van der Waals surface area contributed by atoms with Crippen LogP contribution in [0.15, 0.2) is 11.3 Å². The molecule has 0 spiro atoms. The van der Waals surface area contributed by atoms with Crippen LogP contribution in [0.5, 0.6) is 0 Å². The van der Waals surface area contributed by atoms with Crippen molar-refractivity contribution in [1.29, 1.82) is 0 Å². The summed E-state index contributed by atoms with van der Waals surface area (Å²) in [6.07, 6.45) is 0.880. The van der Waals surface area contributed by atoms with Crippen molar-refractivity contribution in [3.8, 4) is 11.8 Å². The number of rotatable bonds is 1. The number of aldehydes is 1. The molecule has 0 aromatic heterocycles. The summed E-state index contributed by atoms with van der Waals surface area (Å²) < 4.78 is 0. The van der Waals surface area contributed by atoms with Gasteiger partial charge in [0.1, 0.15) is 6.29 Å². The molecule has 0 aromatic rings. The highest BCUT2D eigenvalue weighted by atomic mass is 16.2. The highest BCUT2D eigenvalue weighted by Gasteiger charge is 2.33. The van der Waals surface area contributed by atoms with Crippen LogP contribution in [0.4, 0.5) is 0 Å². The second-order valence-corrected chi connectivity index (χ2v) is 4.13. The minimum atomic E-state index is -0.167. The third-order valence-corrected chi connectivity index (χ3v) is 3.08. The van der Waals surface area contributed by atoms with Crippen molar-refractivity contribution in [2.45, 2.75) is 6.92 Å². The molecule has 90 valence electrons. The lowest BCUT2D eigenvalue weighted by Crippen LogP contribution is -2.49.